The molecule has 2 rings (SSSR count). The molecule has 1 aromatic carbocycles. The number of anilines is 1. The van der Waals surface area contributed by atoms with Crippen molar-refractivity contribution in [2.24, 2.45) is 5.41 Å². The second-order valence-corrected chi connectivity index (χ2v) is 5.45. The molecule has 0 bridgehead atoms. The van der Waals surface area contributed by atoms with Crippen LogP contribution < -0.4 is 10.1 Å². The summed E-state index contributed by atoms with van der Waals surface area (Å²) in [7, 11) is 0. The second-order valence-electron chi connectivity index (χ2n) is 5.45. The summed E-state index contributed by atoms with van der Waals surface area (Å²) in [4.78, 5) is 0. The molecule has 1 saturated carbocycles. The van der Waals surface area contributed by atoms with Gasteiger partial charge in [-0.05, 0) is 30.4 Å². The first kappa shape index (κ1) is 13.1. The summed E-state index contributed by atoms with van der Waals surface area (Å²) >= 11 is 0. The van der Waals surface area contributed by atoms with Gasteiger partial charge in [-0.2, -0.15) is 8.78 Å². The zero-order valence-corrected chi connectivity index (χ0v) is 10.7. The number of rotatable bonds is 4. The van der Waals surface area contributed by atoms with Gasteiger partial charge in [0.05, 0.1) is 5.69 Å². The molecule has 0 radical (unpaired) electrons. The molecule has 0 amide bonds. The molecule has 0 saturated heterocycles. The molecular formula is C14H19F2NO. The second kappa shape index (κ2) is 5.12. The first-order valence-corrected chi connectivity index (χ1v) is 6.29. The summed E-state index contributed by atoms with van der Waals surface area (Å²) in [5.74, 6) is 0.218. The lowest BCUT2D eigenvalue weighted by molar-refractivity contribution is -0.0494. The molecule has 18 heavy (non-hydrogen) atoms. The Morgan fingerprint density at radius 3 is 2.67 bits per heavy atom. The van der Waals surface area contributed by atoms with E-state index in [0.29, 0.717) is 11.7 Å². The van der Waals surface area contributed by atoms with Crippen molar-refractivity contribution in [2.45, 2.75) is 45.8 Å². The summed E-state index contributed by atoms with van der Waals surface area (Å²) in [6.45, 7) is 1.62. The van der Waals surface area contributed by atoms with E-state index < -0.39 is 6.61 Å². The van der Waals surface area contributed by atoms with Crippen molar-refractivity contribution in [3.05, 3.63) is 24.3 Å². The van der Waals surface area contributed by atoms with E-state index in [1.54, 1.807) is 18.2 Å². The number of nitrogens with one attached hydrogen (secondary N) is 1. The molecule has 2 nitrogen and oxygen atoms in total. The Labute approximate surface area is 106 Å². The molecule has 0 heterocycles. The summed E-state index contributed by atoms with van der Waals surface area (Å²) in [6, 6.07) is 7.17. The maximum atomic E-state index is 12.3. The number of hydrogen-bond acceptors (Lipinski definition) is 2. The Hall–Kier alpha value is -1.32. The molecule has 4 heteroatoms. The van der Waals surface area contributed by atoms with Crippen LogP contribution in [0.1, 0.15) is 33.1 Å². The van der Waals surface area contributed by atoms with Gasteiger partial charge in [-0.3, -0.25) is 0 Å². The lowest BCUT2D eigenvalue weighted by atomic mass is 9.87. The van der Waals surface area contributed by atoms with Crippen molar-refractivity contribution in [2.75, 3.05) is 5.32 Å². The van der Waals surface area contributed by atoms with Crippen LogP contribution in [-0.4, -0.2) is 12.7 Å². The summed E-state index contributed by atoms with van der Waals surface area (Å²) in [5.41, 5.74) is 0.843. The average molecular weight is 255 g/mol. The van der Waals surface area contributed by atoms with Crippen molar-refractivity contribution < 1.29 is 13.5 Å². The SMILES string of the molecule is CC1(C)CCCC1Nc1ccccc1OC(F)F. The van der Waals surface area contributed by atoms with Crippen LogP contribution in [0.3, 0.4) is 0 Å². The predicted molar refractivity (Wildman–Crippen MR) is 68.1 cm³/mol. The fourth-order valence-corrected chi connectivity index (χ4v) is 2.57. The minimum Gasteiger partial charge on any atom is -0.433 e. The van der Waals surface area contributed by atoms with Gasteiger partial charge >= 0.3 is 6.61 Å². The standard InChI is InChI=1S/C14H19F2NO/c1-14(2)9-5-8-12(14)17-10-6-3-4-7-11(10)18-13(15)16/h3-4,6-7,12-13,17H,5,8-9H2,1-2H3. The Morgan fingerprint density at radius 1 is 1.33 bits per heavy atom. The summed E-state index contributed by atoms with van der Waals surface area (Å²) in [5, 5.41) is 3.35. The largest absolute Gasteiger partial charge is 0.433 e. The zero-order chi connectivity index (χ0) is 13.2. The maximum absolute atomic E-state index is 12.3. The minimum absolute atomic E-state index is 0.192. The van der Waals surface area contributed by atoms with E-state index in [0.717, 1.165) is 12.8 Å². The van der Waals surface area contributed by atoms with Gasteiger partial charge in [-0.25, -0.2) is 0 Å². The predicted octanol–water partition coefficient (Wildman–Crippen LogP) is 4.28. The van der Waals surface area contributed by atoms with Crippen molar-refractivity contribution in [3.63, 3.8) is 0 Å². The molecular weight excluding hydrogens is 236 g/mol. The highest BCUT2D eigenvalue weighted by Gasteiger charge is 2.34. The summed E-state index contributed by atoms with van der Waals surface area (Å²) in [6.07, 6.45) is 3.39. The van der Waals surface area contributed by atoms with Crippen molar-refractivity contribution in [1.29, 1.82) is 0 Å². The van der Waals surface area contributed by atoms with Crippen LogP contribution in [0.25, 0.3) is 0 Å². The van der Waals surface area contributed by atoms with Crippen molar-refractivity contribution >= 4 is 5.69 Å². The molecule has 1 aliphatic carbocycles. The van der Waals surface area contributed by atoms with Gasteiger partial charge in [0.2, 0.25) is 0 Å². The zero-order valence-electron chi connectivity index (χ0n) is 10.7. The van der Waals surface area contributed by atoms with Crippen molar-refractivity contribution in [1.82, 2.24) is 0 Å². The number of halogens is 2. The van der Waals surface area contributed by atoms with Crippen LogP contribution in [0.2, 0.25) is 0 Å². The topological polar surface area (TPSA) is 21.3 Å². The fraction of sp³-hybridized carbons (Fsp3) is 0.571. The van der Waals surface area contributed by atoms with Gasteiger partial charge < -0.3 is 10.1 Å². The van der Waals surface area contributed by atoms with Gasteiger partial charge in [0, 0.05) is 6.04 Å². The molecule has 1 N–H and O–H groups in total. The van der Waals surface area contributed by atoms with Gasteiger partial charge in [0.15, 0.2) is 0 Å². The third-order valence-electron chi connectivity index (χ3n) is 3.69. The number of para-hydroxylation sites is 2. The lowest BCUT2D eigenvalue weighted by Crippen LogP contribution is -2.31. The number of hydrogen-bond donors (Lipinski definition) is 1. The van der Waals surface area contributed by atoms with Crippen LogP contribution in [0.15, 0.2) is 24.3 Å². The van der Waals surface area contributed by atoms with Gasteiger partial charge in [-0.15, -0.1) is 0 Å². The number of alkyl halides is 2. The van der Waals surface area contributed by atoms with E-state index in [4.69, 9.17) is 0 Å². The monoisotopic (exact) mass is 255 g/mol. The Kier molecular flexibility index (Phi) is 3.73. The Morgan fingerprint density at radius 2 is 2.06 bits per heavy atom. The molecule has 1 aromatic rings. The van der Waals surface area contributed by atoms with Crippen LogP contribution in [0, 0.1) is 5.41 Å². The van der Waals surface area contributed by atoms with E-state index >= 15 is 0 Å². The molecule has 0 spiro atoms. The van der Waals surface area contributed by atoms with Gasteiger partial charge in [0.1, 0.15) is 5.75 Å². The third-order valence-corrected chi connectivity index (χ3v) is 3.69. The Bertz CT molecular complexity index is 407. The van der Waals surface area contributed by atoms with Gasteiger partial charge in [0.25, 0.3) is 0 Å². The molecule has 0 aromatic heterocycles. The van der Waals surface area contributed by atoms with Crippen LogP contribution in [0.4, 0.5) is 14.5 Å². The maximum Gasteiger partial charge on any atom is 0.387 e. The van der Waals surface area contributed by atoms with E-state index in [1.165, 1.54) is 6.42 Å². The number of ether oxygens (including phenoxy) is 1. The average Bonchev–Trinajstić information content (AvgIpc) is 2.60. The molecule has 1 unspecified atom stereocenters. The van der Waals surface area contributed by atoms with E-state index in [2.05, 4.69) is 23.9 Å². The highest BCUT2D eigenvalue weighted by molar-refractivity contribution is 5.57. The minimum atomic E-state index is -2.79. The molecule has 1 fully saturated rings. The highest BCUT2D eigenvalue weighted by atomic mass is 19.3. The number of benzene rings is 1. The summed E-state index contributed by atoms with van der Waals surface area (Å²) < 4.78 is 29.2. The lowest BCUT2D eigenvalue weighted by Gasteiger charge is -2.29. The highest BCUT2D eigenvalue weighted by Crippen LogP contribution is 2.40. The third kappa shape index (κ3) is 2.92. The van der Waals surface area contributed by atoms with Crippen LogP contribution >= 0.6 is 0 Å². The van der Waals surface area contributed by atoms with Crippen LogP contribution in [-0.2, 0) is 0 Å². The first-order chi connectivity index (χ1) is 8.49. The molecule has 100 valence electrons. The molecule has 0 aliphatic heterocycles. The van der Waals surface area contributed by atoms with E-state index in [1.807, 2.05) is 6.07 Å². The van der Waals surface area contributed by atoms with E-state index in [-0.39, 0.29) is 11.2 Å². The fourth-order valence-electron chi connectivity index (χ4n) is 2.57. The first-order valence-electron chi connectivity index (χ1n) is 6.29. The smallest absolute Gasteiger partial charge is 0.387 e. The van der Waals surface area contributed by atoms with Crippen LogP contribution in [0.5, 0.6) is 5.75 Å². The Balaban J connectivity index is 2.13. The molecule has 1 atom stereocenters. The van der Waals surface area contributed by atoms with E-state index in [9.17, 15) is 8.78 Å². The molecule has 1 aliphatic rings. The quantitative estimate of drug-likeness (QED) is 0.867. The normalized spacial score (nSPS) is 22.2. The van der Waals surface area contributed by atoms with Gasteiger partial charge in [-0.1, -0.05) is 32.4 Å². The van der Waals surface area contributed by atoms with Crippen molar-refractivity contribution in [3.8, 4) is 5.75 Å².